The van der Waals surface area contributed by atoms with Crippen molar-refractivity contribution in [3.05, 3.63) is 89.8 Å². The largest absolute Gasteiger partial charge is 0.439 e. The number of nitrogens with zero attached hydrogens (tertiary/aromatic N) is 5. The molecule has 1 N–H and O–H groups in total. The summed E-state index contributed by atoms with van der Waals surface area (Å²) in [5.74, 6) is 1.60. The lowest BCUT2D eigenvalue weighted by atomic mass is 10.1. The van der Waals surface area contributed by atoms with Gasteiger partial charge in [0, 0.05) is 30.6 Å². The van der Waals surface area contributed by atoms with Gasteiger partial charge in [-0.1, -0.05) is 18.2 Å². The minimum atomic E-state index is -0.213. The Morgan fingerprint density at radius 2 is 2.00 bits per heavy atom. The molecule has 150 valence electrons. The fraction of sp³-hybridized carbons (Fsp3) is 0.136. The van der Waals surface area contributed by atoms with Crippen LogP contribution in [0, 0.1) is 13.8 Å². The summed E-state index contributed by atoms with van der Waals surface area (Å²) in [7, 11) is 0. The van der Waals surface area contributed by atoms with Crippen molar-refractivity contribution >= 4 is 5.91 Å². The summed E-state index contributed by atoms with van der Waals surface area (Å²) in [4.78, 5) is 24.9. The van der Waals surface area contributed by atoms with E-state index in [2.05, 4.69) is 25.4 Å². The van der Waals surface area contributed by atoms with E-state index >= 15 is 0 Å². The third-order valence-electron chi connectivity index (χ3n) is 4.47. The molecule has 0 bridgehead atoms. The SMILES string of the molecule is Cc1ccc(C)c(Oc2ccc(CNC(=O)c3ccnc(-n4cncn4)c3)cn2)c1. The Bertz CT molecular complexity index is 1160. The number of ether oxygens (including phenoxy) is 1. The number of nitrogens with one attached hydrogen (secondary N) is 1. The van der Waals surface area contributed by atoms with Crippen LogP contribution in [0.25, 0.3) is 5.82 Å². The molecule has 4 aromatic rings. The Morgan fingerprint density at radius 3 is 2.77 bits per heavy atom. The summed E-state index contributed by atoms with van der Waals surface area (Å²) in [6.07, 6.45) is 6.19. The molecule has 0 atom stereocenters. The zero-order valence-corrected chi connectivity index (χ0v) is 16.6. The summed E-state index contributed by atoms with van der Waals surface area (Å²) < 4.78 is 7.37. The van der Waals surface area contributed by atoms with E-state index in [9.17, 15) is 4.79 Å². The van der Waals surface area contributed by atoms with Crippen molar-refractivity contribution in [1.82, 2.24) is 30.0 Å². The van der Waals surface area contributed by atoms with Crippen molar-refractivity contribution in [2.75, 3.05) is 0 Å². The highest BCUT2D eigenvalue weighted by molar-refractivity contribution is 5.94. The summed E-state index contributed by atoms with van der Waals surface area (Å²) >= 11 is 0. The first-order valence-corrected chi connectivity index (χ1v) is 9.38. The number of hydrogen-bond donors (Lipinski definition) is 1. The van der Waals surface area contributed by atoms with E-state index < -0.39 is 0 Å². The summed E-state index contributed by atoms with van der Waals surface area (Å²) in [5.41, 5.74) is 3.51. The van der Waals surface area contributed by atoms with Gasteiger partial charge in [-0.05, 0) is 48.7 Å². The Hall–Kier alpha value is -4.07. The van der Waals surface area contributed by atoms with Gasteiger partial charge in [-0.25, -0.2) is 19.6 Å². The lowest BCUT2D eigenvalue weighted by Gasteiger charge is -2.10. The van der Waals surface area contributed by atoms with E-state index in [1.165, 1.54) is 17.3 Å². The number of carbonyl (C=O) groups is 1. The van der Waals surface area contributed by atoms with Crippen molar-refractivity contribution in [2.24, 2.45) is 0 Å². The molecule has 8 nitrogen and oxygen atoms in total. The first-order valence-electron chi connectivity index (χ1n) is 9.38. The summed E-state index contributed by atoms with van der Waals surface area (Å²) in [6.45, 7) is 4.35. The van der Waals surface area contributed by atoms with Crippen LogP contribution in [-0.2, 0) is 6.54 Å². The minimum absolute atomic E-state index is 0.213. The number of carbonyl (C=O) groups excluding carboxylic acids is 1. The molecular formula is C22H20N6O2. The van der Waals surface area contributed by atoms with Crippen molar-refractivity contribution in [3.63, 3.8) is 0 Å². The minimum Gasteiger partial charge on any atom is -0.439 e. The Balaban J connectivity index is 1.38. The maximum atomic E-state index is 12.5. The molecule has 1 aromatic carbocycles. The molecule has 30 heavy (non-hydrogen) atoms. The molecule has 3 heterocycles. The highest BCUT2D eigenvalue weighted by atomic mass is 16.5. The second-order valence-electron chi connectivity index (χ2n) is 6.80. The number of hydrogen-bond acceptors (Lipinski definition) is 6. The van der Waals surface area contributed by atoms with E-state index in [0.29, 0.717) is 23.8 Å². The Kier molecular flexibility index (Phi) is 5.47. The first-order chi connectivity index (χ1) is 14.6. The second-order valence-corrected chi connectivity index (χ2v) is 6.80. The van der Waals surface area contributed by atoms with Gasteiger partial charge >= 0.3 is 0 Å². The van der Waals surface area contributed by atoms with Crippen LogP contribution in [0.15, 0.2) is 67.5 Å². The quantitative estimate of drug-likeness (QED) is 0.533. The molecule has 0 fully saturated rings. The molecule has 1 amide bonds. The maximum Gasteiger partial charge on any atom is 0.251 e. The second kappa shape index (κ2) is 8.52. The van der Waals surface area contributed by atoms with E-state index in [0.717, 1.165) is 22.4 Å². The molecule has 0 aliphatic rings. The number of aryl methyl sites for hydroxylation is 2. The molecular weight excluding hydrogens is 380 g/mol. The van der Waals surface area contributed by atoms with E-state index in [1.54, 1.807) is 30.6 Å². The molecule has 0 saturated carbocycles. The van der Waals surface area contributed by atoms with E-state index in [-0.39, 0.29) is 5.91 Å². The van der Waals surface area contributed by atoms with Crippen LogP contribution < -0.4 is 10.1 Å². The molecule has 0 saturated heterocycles. The van der Waals surface area contributed by atoms with Gasteiger partial charge in [0.2, 0.25) is 5.88 Å². The van der Waals surface area contributed by atoms with Crippen molar-refractivity contribution in [3.8, 4) is 17.4 Å². The Labute approximate surface area is 173 Å². The average molecular weight is 400 g/mol. The van der Waals surface area contributed by atoms with Crippen LogP contribution in [0.1, 0.15) is 27.0 Å². The molecule has 0 aliphatic heterocycles. The van der Waals surface area contributed by atoms with Gasteiger partial charge in [-0.3, -0.25) is 4.79 Å². The predicted octanol–water partition coefficient (Wildman–Crippen LogP) is 3.40. The van der Waals surface area contributed by atoms with Crippen molar-refractivity contribution < 1.29 is 9.53 Å². The Morgan fingerprint density at radius 1 is 1.10 bits per heavy atom. The highest BCUT2D eigenvalue weighted by Crippen LogP contribution is 2.24. The molecule has 8 heteroatoms. The molecule has 0 unspecified atom stereocenters. The van der Waals surface area contributed by atoms with Crippen LogP contribution in [0.3, 0.4) is 0 Å². The highest BCUT2D eigenvalue weighted by Gasteiger charge is 2.09. The lowest BCUT2D eigenvalue weighted by molar-refractivity contribution is 0.0950. The molecule has 0 radical (unpaired) electrons. The number of pyridine rings is 2. The zero-order chi connectivity index (χ0) is 20.9. The smallest absolute Gasteiger partial charge is 0.251 e. The van der Waals surface area contributed by atoms with Gasteiger partial charge in [0.05, 0.1) is 0 Å². The van der Waals surface area contributed by atoms with E-state index in [4.69, 9.17) is 4.74 Å². The fourth-order valence-corrected chi connectivity index (χ4v) is 2.80. The van der Waals surface area contributed by atoms with Gasteiger partial charge in [-0.15, -0.1) is 0 Å². The zero-order valence-electron chi connectivity index (χ0n) is 16.6. The van der Waals surface area contributed by atoms with Gasteiger partial charge in [-0.2, -0.15) is 5.10 Å². The first kappa shape index (κ1) is 19.3. The van der Waals surface area contributed by atoms with Crippen molar-refractivity contribution in [2.45, 2.75) is 20.4 Å². The number of rotatable bonds is 6. The number of benzene rings is 1. The van der Waals surface area contributed by atoms with Crippen LogP contribution >= 0.6 is 0 Å². The topological polar surface area (TPSA) is 94.8 Å². The predicted molar refractivity (Wildman–Crippen MR) is 111 cm³/mol. The molecule has 4 rings (SSSR count). The monoisotopic (exact) mass is 400 g/mol. The van der Waals surface area contributed by atoms with E-state index in [1.807, 2.05) is 38.1 Å². The fourth-order valence-electron chi connectivity index (χ4n) is 2.80. The van der Waals surface area contributed by atoms with Crippen LogP contribution in [0.5, 0.6) is 11.6 Å². The van der Waals surface area contributed by atoms with Crippen LogP contribution in [-0.4, -0.2) is 30.6 Å². The summed E-state index contributed by atoms with van der Waals surface area (Å²) in [5, 5.41) is 6.90. The summed E-state index contributed by atoms with van der Waals surface area (Å²) in [6, 6.07) is 13.0. The molecule has 3 aromatic heterocycles. The van der Waals surface area contributed by atoms with Gasteiger partial charge in [0.1, 0.15) is 18.4 Å². The van der Waals surface area contributed by atoms with Gasteiger partial charge in [0.25, 0.3) is 5.91 Å². The molecule has 0 spiro atoms. The maximum absolute atomic E-state index is 12.5. The van der Waals surface area contributed by atoms with Crippen molar-refractivity contribution in [1.29, 1.82) is 0 Å². The lowest BCUT2D eigenvalue weighted by Crippen LogP contribution is -2.23. The number of aromatic nitrogens is 5. The third-order valence-corrected chi connectivity index (χ3v) is 4.47. The third kappa shape index (κ3) is 4.49. The molecule has 0 aliphatic carbocycles. The normalized spacial score (nSPS) is 10.6. The van der Waals surface area contributed by atoms with Crippen LogP contribution in [0.2, 0.25) is 0 Å². The average Bonchev–Trinajstić information content (AvgIpc) is 3.31. The van der Waals surface area contributed by atoms with Crippen LogP contribution in [0.4, 0.5) is 0 Å². The van der Waals surface area contributed by atoms with Gasteiger partial charge < -0.3 is 10.1 Å². The number of amides is 1. The standard InChI is InChI=1S/C22H20N6O2/c1-15-3-4-16(2)19(9-15)30-21-6-5-17(11-25-21)12-26-22(29)18-7-8-24-20(10-18)28-14-23-13-27-28/h3-11,13-14H,12H2,1-2H3,(H,26,29). The van der Waals surface area contributed by atoms with Gasteiger partial charge in [0.15, 0.2) is 5.82 Å².